The lowest BCUT2D eigenvalue weighted by molar-refractivity contribution is 0.390. The third kappa shape index (κ3) is 4.00. The predicted molar refractivity (Wildman–Crippen MR) is 107 cm³/mol. The van der Waals surface area contributed by atoms with E-state index < -0.39 is 0 Å². The van der Waals surface area contributed by atoms with E-state index in [4.69, 9.17) is 23.8 Å². The molecule has 0 aromatic heterocycles. The van der Waals surface area contributed by atoms with Gasteiger partial charge < -0.3 is 15.1 Å². The number of hydrogen-bond acceptors (Lipinski definition) is 2. The minimum atomic E-state index is 0.711. The maximum absolute atomic E-state index is 6.03. The molecule has 2 aromatic rings. The lowest BCUT2D eigenvalue weighted by atomic mass is 10.1. The standard InChI is InChI=1S/C19H22ClN3S/c1-14-6-7-15(2)18(12-14)22-8-10-23(11-9-22)19(24)21-17-5-3-4-16(20)13-17/h3-7,12-13H,8-11H2,1-2H3,(H,21,24). The van der Waals surface area contributed by atoms with Crippen molar-refractivity contribution in [2.24, 2.45) is 0 Å². The van der Waals surface area contributed by atoms with Crippen molar-refractivity contribution >= 4 is 40.3 Å². The van der Waals surface area contributed by atoms with Crippen molar-refractivity contribution < 1.29 is 0 Å². The van der Waals surface area contributed by atoms with Crippen LogP contribution in [0.1, 0.15) is 11.1 Å². The molecular formula is C19H22ClN3S. The van der Waals surface area contributed by atoms with Gasteiger partial charge in [-0.05, 0) is 61.5 Å². The SMILES string of the molecule is Cc1ccc(C)c(N2CCN(C(=S)Nc3cccc(Cl)c3)CC2)c1. The third-order valence-electron chi connectivity index (χ3n) is 4.35. The van der Waals surface area contributed by atoms with Crippen LogP contribution in [0.15, 0.2) is 42.5 Å². The summed E-state index contributed by atoms with van der Waals surface area (Å²) in [6.45, 7) is 8.10. The van der Waals surface area contributed by atoms with Gasteiger partial charge in [-0.3, -0.25) is 0 Å². The normalized spacial score (nSPS) is 14.6. The van der Waals surface area contributed by atoms with Gasteiger partial charge in [0, 0.05) is 42.6 Å². The second kappa shape index (κ2) is 7.41. The highest BCUT2D eigenvalue weighted by Crippen LogP contribution is 2.23. The number of halogens is 1. The van der Waals surface area contributed by atoms with Gasteiger partial charge in [-0.25, -0.2) is 0 Å². The van der Waals surface area contributed by atoms with Crippen molar-refractivity contribution in [2.45, 2.75) is 13.8 Å². The molecule has 0 spiro atoms. The van der Waals surface area contributed by atoms with Crippen LogP contribution < -0.4 is 10.2 Å². The van der Waals surface area contributed by atoms with Gasteiger partial charge in [0.1, 0.15) is 0 Å². The number of piperazine rings is 1. The summed E-state index contributed by atoms with van der Waals surface area (Å²) >= 11 is 11.6. The van der Waals surface area contributed by atoms with E-state index in [1.807, 2.05) is 24.3 Å². The molecule has 1 fully saturated rings. The Morgan fingerprint density at radius 2 is 1.79 bits per heavy atom. The molecule has 3 nitrogen and oxygen atoms in total. The third-order valence-corrected chi connectivity index (χ3v) is 4.94. The maximum atomic E-state index is 6.03. The smallest absolute Gasteiger partial charge is 0.173 e. The largest absolute Gasteiger partial charge is 0.368 e. The average Bonchev–Trinajstić information content (AvgIpc) is 2.57. The maximum Gasteiger partial charge on any atom is 0.173 e. The van der Waals surface area contributed by atoms with E-state index in [2.05, 4.69) is 47.2 Å². The van der Waals surface area contributed by atoms with Crippen molar-refractivity contribution in [3.8, 4) is 0 Å². The van der Waals surface area contributed by atoms with Crippen LogP contribution in [0.2, 0.25) is 5.02 Å². The number of aryl methyl sites for hydroxylation is 2. The molecule has 1 aliphatic heterocycles. The highest BCUT2D eigenvalue weighted by Gasteiger charge is 2.20. The van der Waals surface area contributed by atoms with Crippen molar-refractivity contribution in [1.29, 1.82) is 0 Å². The van der Waals surface area contributed by atoms with Gasteiger partial charge in [0.25, 0.3) is 0 Å². The van der Waals surface area contributed by atoms with Gasteiger partial charge in [0.2, 0.25) is 0 Å². The van der Waals surface area contributed by atoms with Gasteiger partial charge in [-0.1, -0.05) is 29.8 Å². The van der Waals surface area contributed by atoms with E-state index in [9.17, 15) is 0 Å². The van der Waals surface area contributed by atoms with Crippen LogP contribution in [0.25, 0.3) is 0 Å². The lowest BCUT2D eigenvalue weighted by Gasteiger charge is -2.38. The van der Waals surface area contributed by atoms with Crippen molar-refractivity contribution in [3.63, 3.8) is 0 Å². The van der Waals surface area contributed by atoms with Crippen LogP contribution in [-0.2, 0) is 0 Å². The Balaban J connectivity index is 1.60. The first-order valence-electron chi connectivity index (χ1n) is 8.16. The summed E-state index contributed by atoms with van der Waals surface area (Å²) in [5.74, 6) is 0. The molecule has 1 saturated heterocycles. The molecule has 0 radical (unpaired) electrons. The first-order chi connectivity index (χ1) is 11.5. The Labute approximate surface area is 154 Å². The Morgan fingerprint density at radius 1 is 1.04 bits per heavy atom. The Hall–Kier alpha value is -1.78. The average molecular weight is 360 g/mol. The molecule has 24 heavy (non-hydrogen) atoms. The van der Waals surface area contributed by atoms with E-state index in [1.54, 1.807) is 0 Å². The molecular weight excluding hydrogens is 338 g/mol. The molecule has 0 amide bonds. The first-order valence-corrected chi connectivity index (χ1v) is 8.95. The molecule has 0 bridgehead atoms. The zero-order valence-electron chi connectivity index (χ0n) is 14.1. The Morgan fingerprint density at radius 3 is 2.50 bits per heavy atom. The fraction of sp³-hybridized carbons (Fsp3) is 0.316. The first kappa shape index (κ1) is 17.1. The van der Waals surface area contributed by atoms with E-state index in [0.717, 1.165) is 37.0 Å². The van der Waals surface area contributed by atoms with Gasteiger partial charge >= 0.3 is 0 Å². The fourth-order valence-electron chi connectivity index (χ4n) is 2.98. The number of nitrogens with zero attached hydrogens (tertiary/aromatic N) is 2. The van der Waals surface area contributed by atoms with Gasteiger partial charge in [0.05, 0.1) is 0 Å². The molecule has 1 N–H and O–H groups in total. The summed E-state index contributed by atoms with van der Waals surface area (Å²) in [4.78, 5) is 4.67. The topological polar surface area (TPSA) is 18.5 Å². The van der Waals surface area contributed by atoms with Gasteiger partial charge in [0.15, 0.2) is 5.11 Å². The van der Waals surface area contributed by atoms with Gasteiger partial charge in [-0.2, -0.15) is 0 Å². The van der Waals surface area contributed by atoms with Crippen LogP contribution in [0.4, 0.5) is 11.4 Å². The number of anilines is 2. The molecule has 126 valence electrons. The van der Waals surface area contributed by atoms with Crippen molar-refractivity contribution in [2.75, 3.05) is 36.4 Å². The van der Waals surface area contributed by atoms with Crippen LogP contribution in [0, 0.1) is 13.8 Å². The van der Waals surface area contributed by atoms with Crippen molar-refractivity contribution in [3.05, 3.63) is 58.6 Å². The summed E-state index contributed by atoms with van der Waals surface area (Å²) in [6, 6.07) is 14.3. The fourth-order valence-corrected chi connectivity index (χ4v) is 3.47. The van der Waals surface area contributed by atoms with Crippen LogP contribution in [0.5, 0.6) is 0 Å². The van der Waals surface area contributed by atoms with Crippen LogP contribution in [-0.4, -0.2) is 36.2 Å². The summed E-state index contributed by atoms with van der Waals surface area (Å²) in [5.41, 5.74) is 4.90. The molecule has 0 atom stereocenters. The van der Waals surface area contributed by atoms with E-state index in [-0.39, 0.29) is 0 Å². The quantitative estimate of drug-likeness (QED) is 0.797. The monoisotopic (exact) mass is 359 g/mol. The predicted octanol–water partition coefficient (Wildman–Crippen LogP) is 4.48. The number of benzene rings is 2. The van der Waals surface area contributed by atoms with E-state index in [1.165, 1.54) is 16.8 Å². The second-order valence-corrected chi connectivity index (χ2v) is 7.03. The van der Waals surface area contributed by atoms with E-state index >= 15 is 0 Å². The minimum Gasteiger partial charge on any atom is -0.368 e. The number of hydrogen-bond donors (Lipinski definition) is 1. The van der Waals surface area contributed by atoms with E-state index in [0.29, 0.717) is 5.02 Å². The number of nitrogens with one attached hydrogen (secondary N) is 1. The molecule has 0 saturated carbocycles. The Kier molecular flexibility index (Phi) is 5.27. The Bertz CT molecular complexity index is 739. The lowest BCUT2D eigenvalue weighted by Crippen LogP contribution is -2.50. The van der Waals surface area contributed by atoms with Crippen LogP contribution >= 0.6 is 23.8 Å². The molecule has 1 aliphatic rings. The zero-order valence-corrected chi connectivity index (χ0v) is 15.6. The number of rotatable bonds is 2. The molecule has 2 aromatic carbocycles. The molecule has 5 heteroatoms. The second-order valence-electron chi connectivity index (χ2n) is 6.20. The highest BCUT2D eigenvalue weighted by molar-refractivity contribution is 7.80. The van der Waals surface area contributed by atoms with Crippen LogP contribution in [0.3, 0.4) is 0 Å². The minimum absolute atomic E-state index is 0.711. The molecule has 3 rings (SSSR count). The van der Waals surface area contributed by atoms with Crippen molar-refractivity contribution in [1.82, 2.24) is 4.90 Å². The summed E-state index contributed by atoms with van der Waals surface area (Å²) in [7, 11) is 0. The summed E-state index contributed by atoms with van der Waals surface area (Å²) in [6.07, 6.45) is 0. The molecule has 1 heterocycles. The zero-order chi connectivity index (χ0) is 17.1. The highest BCUT2D eigenvalue weighted by atomic mass is 35.5. The number of thiocarbonyl (C=S) groups is 1. The molecule has 0 aliphatic carbocycles. The summed E-state index contributed by atoms with van der Waals surface area (Å²) < 4.78 is 0. The van der Waals surface area contributed by atoms with Gasteiger partial charge in [-0.15, -0.1) is 0 Å². The summed E-state index contributed by atoms with van der Waals surface area (Å²) in [5, 5.41) is 4.75. The molecule has 0 unspecified atom stereocenters.